The first-order valence-corrected chi connectivity index (χ1v) is 31.2. The molecule has 0 N–H and O–H groups in total. The number of amides is 4. The lowest BCUT2D eigenvalue weighted by atomic mass is 9.92. The second-order valence-corrected chi connectivity index (χ2v) is 31.9. The first kappa shape index (κ1) is 49.8. The van der Waals surface area contributed by atoms with E-state index in [4.69, 9.17) is 28.4 Å². The number of benzene rings is 3. The van der Waals surface area contributed by atoms with Crippen LogP contribution in [0.25, 0.3) is 0 Å². The number of methoxy groups -OCH3 is 2. The van der Waals surface area contributed by atoms with Gasteiger partial charge in [-0.2, -0.15) is 0 Å². The maximum Gasteiger partial charge on any atom is 0.257 e. The van der Waals surface area contributed by atoms with Crippen LogP contribution >= 0.6 is 0 Å². The maximum atomic E-state index is 14.6. The van der Waals surface area contributed by atoms with Gasteiger partial charge in [0.1, 0.15) is 25.5 Å². The summed E-state index contributed by atoms with van der Waals surface area (Å²) in [5.74, 6) is 0.920. The zero-order valence-electron chi connectivity index (χ0n) is 41.3. The highest BCUT2D eigenvalue weighted by Crippen LogP contribution is 2.42. The van der Waals surface area contributed by atoms with Crippen molar-refractivity contribution in [2.45, 2.75) is 109 Å². The predicted molar refractivity (Wildman–Crippen MR) is 266 cm³/mol. The third kappa shape index (κ3) is 11.4. The van der Waals surface area contributed by atoms with Gasteiger partial charge < -0.3 is 43.1 Å². The van der Waals surface area contributed by atoms with Crippen molar-refractivity contribution in [3.63, 3.8) is 0 Å². The molecule has 3 aromatic rings. The Kier molecular flexibility index (Phi) is 15.6. The van der Waals surface area contributed by atoms with Crippen LogP contribution in [-0.2, 0) is 32.0 Å². The molecule has 1 unspecified atom stereocenters. The van der Waals surface area contributed by atoms with Gasteiger partial charge in [0.25, 0.3) is 23.6 Å². The van der Waals surface area contributed by atoms with Gasteiger partial charge in [-0.15, -0.1) is 0 Å². The van der Waals surface area contributed by atoms with Crippen LogP contribution in [0.15, 0.2) is 42.5 Å². The zero-order chi connectivity index (χ0) is 48.2. The van der Waals surface area contributed by atoms with Crippen LogP contribution in [0.3, 0.4) is 0 Å². The van der Waals surface area contributed by atoms with Crippen molar-refractivity contribution in [3.8, 4) is 23.0 Å². The summed E-state index contributed by atoms with van der Waals surface area (Å²) in [4.78, 5) is 65.6. The van der Waals surface area contributed by atoms with Crippen molar-refractivity contribution in [1.29, 1.82) is 0 Å². The van der Waals surface area contributed by atoms with Crippen molar-refractivity contribution >= 4 is 56.8 Å². The largest absolute Gasteiger partial charge is 0.493 e. The van der Waals surface area contributed by atoms with Gasteiger partial charge in [-0.25, -0.2) is 0 Å². The van der Waals surface area contributed by atoms with Gasteiger partial charge in [0.15, 0.2) is 23.0 Å². The molecule has 0 bridgehead atoms. The molecule has 1 fully saturated rings. The highest BCUT2D eigenvalue weighted by atomic mass is 28.3. The van der Waals surface area contributed by atoms with Gasteiger partial charge in [-0.05, 0) is 79.6 Å². The summed E-state index contributed by atoms with van der Waals surface area (Å²) in [6.07, 6.45) is 3.91. The summed E-state index contributed by atoms with van der Waals surface area (Å²) < 4.78 is 36.5. The number of rotatable bonds is 21. The van der Waals surface area contributed by atoms with E-state index < -0.39 is 28.2 Å². The van der Waals surface area contributed by atoms with E-state index in [-0.39, 0.29) is 37.1 Å². The lowest BCUT2D eigenvalue weighted by Crippen LogP contribution is -2.52. The van der Waals surface area contributed by atoms with E-state index in [1.807, 2.05) is 19.0 Å². The van der Waals surface area contributed by atoms with Gasteiger partial charge in [0.2, 0.25) is 0 Å². The number of carbonyl (C=O) groups excluding carboxylic acids is 4. The number of fused-ring (bicyclic) bond motifs is 5. The van der Waals surface area contributed by atoms with Crippen LogP contribution in [0.1, 0.15) is 63.9 Å². The topological polar surface area (TPSA) is 140 Å². The average Bonchev–Trinajstić information content (AvgIpc) is 3.74. The number of unbranched alkanes of at least 4 members (excludes halogenated alkanes) is 2. The first-order chi connectivity index (χ1) is 31.9. The Labute approximate surface area is 398 Å². The standard InChI is InChI=1S/C50H71N5O10Si2/c1-51(2)36-17-16-34-26-42-50(59)55(33-63-22-24-67(8,9)10)41-30-46(44(61-4)28-38(41)48(57)53(42)31-35(34)25-36)65-20-13-11-12-19-64-45-29-40-37(27-43(45)60-3)47(56)52-18-14-15-39(52)49(58)54(40)32-62-21-23-66(5,6)7/h16-17,25,27-30,39,42H,11-15,18-24,26,31-33H2,1-10H3/t39-,42?/m0/s1. The second kappa shape index (κ2) is 21.0. The number of hydrogen-bond acceptors (Lipinski definition) is 11. The summed E-state index contributed by atoms with van der Waals surface area (Å²) in [5, 5.41) is 0. The maximum absolute atomic E-state index is 14.6. The second-order valence-electron chi connectivity index (χ2n) is 20.7. The van der Waals surface area contributed by atoms with Crippen molar-refractivity contribution in [2.24, 2.45) is 0 Å². The Bertz CT molecular complexity index is 2310. The molecule has 2 atom stereocenters. The highest BCUT2D eigenvalue weighted by molar-refractivity contribution is 6.76. The molecular weight excluding hydrogens is 887 g/mol. The van der Waals surface area contributed by atoms with Crippen molar-refractivity contribution < 1.29 is 47.6 Å². The summed E-state index contributed by atoms with van der Waals surface area (Å²) in [7, 11) is 4.30. The van der Waals surface area contributed by atoms with E-state index >= 15 is 0 Å². The number of hydrogen-bond donors (Lipinski definition) is 0. The van der Waals surface area contributed by atoms with Gasteiger partial charge >= 0.3 is 0 Å². The van der Waals surface area contributed by atoms with Crippen LogP contribution < -0.4 is 33.6 Å². The fourth-order valence-corrected chi connectivity index (χ4v) is 10.5. The molecule has 4 aliphatic rings. The molecule has 3 aromatic carbocycles. The number of carbonyl (C=O) groups is 4. The minimum Gasteiger partial charge on any atom is -0.493 e. The highest BCUT2D eigenvalue weighted by Gasteiger charge is 2.44. The third-order valence-corrected chi connectivity index (χ3v) is 16.5. The third-order valence-electron chi connectivity index (χ3n) is 13.1. The van der Waals surface area contributed by atoms with Gasteiger partial charge in [-0.3, -0.25) is 29.0 Å². The first-order valence-electron chi connectivity index (χ1n) is 23.8. The van der Waals surface area contributed by atoms with Crippen LogP contribution in [-0.4, -0.2) is 136 Å². The average molecular weight is 958 g/mol. The molecule has 364 valence electrons. The number of ether oxygens (including phenoxy) is 6. The lowest BCUT2D eigenvalue weighted by molar-refractivity contribution is -0.124. The monoisotopic (exact) mass is 957 g/mol. The molecule has 4 aliphatic heterocycles. The zero-order valence-corrected chi connectivity index (χ0v) is 43.3. The van der Waals surface area contributed by atoms with Crippen molar-refractivity contribution in [3.05, 3.63) is 64.7 Å². The fraction of sp³-hybridized carbons (Fsp3) is 0.560. The van der Waals surface area contributed by atoms with E-state index in [1.54, 1.807) is 58.1 Å². The van der Waals surface area contributed by atoms with E-state index in [0.717, 1.165) is 41.7 Å². The van der Waals surface area contributed by atoms with Crippen LogP contribution in [0, 0.1) is 0 Å². The molecule has 0 spiro atoms. The molecule has 15 nitrogen and oxygen atoms in total. The summed E-state index contributed by atoms with van der Waals surface area (Å²) in [6.45, 7) is 16.4. The Morgan fingerprint density at radius 1 is 0.612 bits per heavy atom. The summed E-state index contributed by atoms with van der Waals surface area (Å²) in [6, 6.07) is 13.8. The molecule has 4 amide bonds. The minimum atomic E-state index is -1.41. The Balaban J connectivity index is 1.03. The van der Waals surface area contributed by atoms with Crippen molar-refractivity contribution in [2.75, 3.05) is 89.4 Å². The van der Waals surface area contributed by atoms with E-state index in [0.29, 0.717) is 111 Å². The molecule has 0 aliphatic carbocycles. The summed E-state index contributed by atoms with van der Waals surface area (Å²) in [5.41, 5.74) is 4.77. The smallest absolute Gasteiger partial charge is 0.257 e. The normalized spacial score (nSPS) is 18.2. The molecule has 0 saturated carbocycles. The molecule has 0 radical (unpaired) electrons. The van der Waals surface area contributed by atoms with Gasteiger partial charge in [0, 0.05) is 80.8 Å². The molecule has 4 heterocycles. The quantitative estimate of drug-likeness (QED) is 0.0761. The van der Waals surface area contributed by atoms with Gasteiger partial charge in [-0.1, -0.05) is 45.3 Å². The Morgan fingerprint density at radius 2 is 1.13 bits per heavy atom. The van der Waals surface area contributed by atoms with Crippen molar-refractivity contribution in [1.82, 2.24) is 9.80 Å². The van der Waals surface area contributed by atoms with E-state index in [2.05, 4.69) is 57.5 Å². The van der Waals surface area contributed by atoms with Crippen LogP contribution in [0.4, 0.5) is 17.1 Å². The Morgan fingerprint density at radius 3 is 1.64 bits per heavy atom. The SMILES string of the molecule is COc1cc2c(cc1OCCCCCOc1cc3c(cc1OC)C(=O)N1CCC[C@H]1C(=O)N3COCC[Si](C)(C)C)N(COCC[Si](C)(C)C)C(=O)C1Cc3ccc(N(C)C)cc3CN1C2=O. The van der Waals surface area contributed by atoms with Gasteiger partial charge in [0.05, 0.1) is 49.9 Å². The van der Waals surface area contributed by atoms with E-state index in [1.165, 1.54) is 0 Å². The predicted octanol–water partition coefficient (Wildman–Crippen LogP) is 7.89. The molecule has 1 saturated heterocycles. The number of nitrogens with zero attached hydrogens (tertiary/aromatic N) is 5. The van der Waals surface area contributed by atoms with E-state index in [9.17, 15) is 19.2 Å². The molecule has 17 heteroatoms. The molecular formula is C50H71N5O10Si2. The fourth-order valence-electron chi connectivity index (χ4n) is 8.97. The van der Waals surface area contributed by atoms with Crippen LogP contribution in [0.5, 0.6) is 23.0 Å². The summed E-state index contributed by atoms with van der Waals surface area (Å²) >= 11 is 0. The minimum absolute atomic E-state index is 0.0111. The molecule has 7 rings (SSSR count). The number of anilines is 3. The van der Waals surface area contributed by atoms with Crippen LogP contribution in [0.2, 0.25) is 51.4 Å². The lowest BCUT2D eigenvalue weighted by Gasteiger charge is -2.36. The molecule has 67 heavy (non-hydrogen) atoms. The Hall–Kier alpha value is -5.11. The molecule has 0 aromatic heterocycles.